The molecule has 0 aliphatic heterocycles. The van der Waals surface area contributed by atoms with E-state index in [-0.39, 0.29) is 11.8 Å². The molecule has 0 aliphatic carbocycles. The molecule has 46 heavy (non-hydrogen) atoms. The van der Waals surface area contributed by atoms with Gasteiger partial charge in [0.25, 0.3) is 0 Å². The van der Waals surface area contributed by atoms with Gasteiger partial charge in [-0.1, -0.05) is 155 Å². The molecule has 0 saturated heterocycles. The fraction of sp³-hybridized carbons (Fsp3) is 0.950. The van der Waals surface area contributed by atoms with Crippen LogP contribution in [0.1, 0.15) is 206 Å². The highest BCUT2D eigenvalue weighted by molar-refractivity contribution is 5.76. The molecular weight excluding hydrogens is 572 g/mol. The quantitative estimate of drug-likeness (QED) is 0.0648. The molecule has 274 valence electrons. The minimum absolute atomic E-state index is 0.163. The molecule has 0 unspecified atom stereocenters. The summed E-state index contributed by atoms with van der Waals surface area (Å²) in [6.07, 6.45) is 36.3. The lowest BCUT2D eigenvalue weighted by molar-refractivity contribution is -0.122. The normalized spacial score (nSPS) is 11.3. The summed E-state index contributed by atoms with van der Waals surface area (Å²) in [5.74, 6) is 0.325. The monoisotopic (exact) mass is 653 g/mol. The zero-order valence-electron chi connectivity index (χ0n) is 31.1. The van der Waals surface area contributed by atoms with Crippen molar-refractivity contribution in [2.24, 2.45) is 0 Å². The largest absolute Gasteiger partial charge is 0.381 e. The highest BCUT2D eigenvalue weighted by Gasteiger charge is 2.03. The van der Waals surface area contributed by atoms with Crippen LogP contribution in [0.2, 0.25) is 0 Å². The third-order valence-corrected chi connectivity index (χ3v) is 8.92. The van der Waals surface area contributed by atoms with Gasteiger partial charge >= 0.3 is 0 Å². The zero-order chi connectivity index (χ0) is 33.4. The van der Waals surface area contributed by atoms with E-state index in [4.69, 9.17) is 9.47 Å². The summed E-state index contributed by atoms with van der Waals surface area (Å²) in [5.41, 5.74) is 0. The first-order chi connectivity index (χ1) is 22.7. The van der Waals surface area contributed by atoms with Crippen molar-refractivity contribution in [3.8, 4) is 0 Å². The number of nitrogens with one attached hydrogen (secondary N) is 2. The molecule has 0 aromatic rings. The summed E-state index contributed by atoms with van der Waals surface area (Å²) in [7, 11) is 0. The maximum atomic E-state index is 12.0. The summed E-state index contributed by atoms with van der Waals surface area (Å²) in [6.45, 7) is 9.15. The highest BCUT2D eigenvalue weighted by atomic mass is 16.5. The lowest BCUT2D eigenvalue weighted by atomic mass is 10.1. The molecule has 0 radical (unpaired) electrons. The summed E-state index contributed by atoms with van der Waals surface area (Å²) in [5, 5.41) is 6.05. The van der Waals surface area contributed by atoms with Gasteiger partial charge in [-0.2, -0.15) is 0 Å². The molecule has 6 heteroatoms. The van der Waals surface area contributed by atoms with E-state index in [1.807, 2.05) is 0 Å². The van der Waals surface area contributed by atoms with Crippen molar-refractivity contribution < 1.29 is 19.1 Å². The first-order valence-corrected chi connectivity index (χ1v) is 20.4. The van der Waals surface area contributed by atoms with Crippen LogP contribution in [0.5, 0.6) is 0 Å². The lowest BCUT2D eigenvalue weighted by Gasteiger charge is -2.07. The van der Waals surface area contributed by atoms with Crippen LogP contribution in [0.4, 0.5) is 0 Å². The van der Waals surface area contributed by atoms with E-state index >= 15 is 0 Å². The lowest BCUT2D eigenvalue weighted by Crippen LogP contribution is -2.25. The van der Waals surface area contributed by atoms with Crippen LogP contribution in [0.15, 0.2) is 0 Å². The number of rotatable bonds is 39. The Kier molecular flexibility index (Phi) is 39.0. The van der Waals surface area contributed by atoms with Gasteiger partial charge < -0.3 is 20.1 Å². The smallest absolute Gasteiger partial charge is 0.219 e. The third kappa shape index (κ3) is 39.0. The minimum Gasteiger partial charge on any atom is -0.381 e. The molecule has 2 N–H and O–H groups in total. The van der Waals surface area contributed by atoms with Crippen molar-refractivity contribution in [2.75, 3.05) is 39.5 Å². The molecule has 0 bridgehead atoms. The fourth-order valence-corrected chi connectivity index (χ4v) is 5.85. The van der Waals surface area contributed by atoms with Gasteiger partial charge in [-0.15, -0.1) is 0 Å². The number of unbranched alkanes of at least 4 members (excludes halogenated alkanes) is 23. The summed E-state index contributed by atoms with van der Waals surface area (Å²) >= 11 is 0. The molecule has 6 nitrogen and oxygen atoms in total. The van der Waals surface area contributed by atoms with Crippen molar-refractivity contribution in [3.05, 3.63) is 0 Å². The standard InChI is InChI=1S/C40H80N2O4/c1-3-5-7-9-11-13-15-19-23-27-35-45-37-29-33-41-39(43)31-25-21-17-18-22-26-32-40(44)42-34-30-38-46-36-28-24-20-16-14-12-10-8-6-4-2/h3-38H2,1-2H3,(H,41,43)(H,42,44). The van der Waals surface area contributed by atoms with Gasteiger partial charge in [0.15, 0.2) is 0 Å². The predicted molar refractivity (Wildman–Crippen MR) is 198 cm³/mol. The van der Waals surface area contributed by atoms with Crippen molar-refractivity contribution >= 4 is 11.8 Å². The summed E-state index contributed by atoms with van der Waals surface area (Å²) < 4.78 is 11.5. The Labute approximate surface area is 287 Å². The van der Waals surface area contributed by atoms with Crippen molar-refractivity contribution in [2.45, 2.75) is 206 Å². The average Bonchev–Trinajstić information content (AvgIpc) is 3.05. The first kappa shape index (κ1) is 44.9. The molecule has 0 aliphatic rings. The van der Waals surface area contributed by atoms with E-state index in [0.29, 0.717) is 25.9 Å². The molecule has 0 aromatic carbocycles. The number of carbonyl (C=O) groups excluding carboxylic acids is 2. The van der Waals surface area contributed by atoms with E-state index in [0.717, 1.165) is 90.6 Å². The van der Waals surface area contributed by atoms with Gasteiger partial charge in [0.05, 0.1) is 0 Å². The van der Waals surface area contributed by atoms with E-state index < -0.39 is 0 Å². The van der Waals surface area contributed by atoms with Crippen molar-refractivity contribution in [1.82, 2.24) is 10.6 Å². The number of ether oxygens (including phenoxy) is 2. The molecule has 0 saturated carbocycles. The molecule has 0 heterocycles. The maximum absolute atomic E-state index is 12.0. The van der Waals surface area contributed by atoms with Gasteiger partial charge in [0, 0.05) is 52.4 Å². The molecule has 0 atom stereocenters. The van der Waals surface area contributed by atoms with Crippen LogP contribution in [0.25, 0.3) is 0 Å². The van der Waals surface area contributed by atoms with Crippen LogP contribution in [-0.2, 0) is 19.1 Å². The highest BCUT2D eigenvalue weighted by Crippen LogP contribution is 2.12. The number of amides is 2. The van der Waals surface area contributed by atoms with Crippen LogP contribution in [-0.4, -0.2) is 51.3 Å². The second-order valence-corrected chi connectivity index (χ2v) is 13.6. The SMILES string of the molecule is CCCCCCCCCCCCOCCCNC(=O)CCCCCCCCC(=O)NCCCOCCCCCCCCCCCC. The minimum atomic E-state index is 0.163. The van der Waals surface area contributed by atoms with E-state index in [9.17, 15) is 9.59 Å². The van der Waals surface area contributed by atoms with E-state index in [1.165, 1.54) is 116 Å². The first-order valence-electron chi connectivity index (χ1n) is 20.4. The van der Waals surface area contributed by atoms with Gasteiger partial charge in [0.2, 0.25) is 11.8 Å². The Morgan fingerprint density at radius 3 is 0.935 bits per heavy atom. The summed E-state index contributed by atoms with van der Waals surface area (Å²) in [6, 6.07) is 0. The molecular formula is C40H80N2O4. The van der Waals surface area contributed by atoms with Gasteiger partial charge in [-0.25, -0.2) is 0 Å². The van der Waals surface area contributed by atoms with E-state index in [2.05, 4.69) is 24.5 Å². The van der Waals surface area contributed by atoms with Crippen molar-refractivity contribution in [1.29, 1.82) is 0 Å². The molecule has 0 spiro atoms. The molecule has 0 fully saturated rings. The Hall–Kier alpha value is -1.14. The number of carbonyl (C=O) groups is 2. The number of hydrogen-bond donors (Lipinski definition) is 2. The Bertz CT molecular complexity index is 564. The van der Waals surface area contributed by atoms with Gasteiger partial charge in [-0.3, -0.25) is 9.59 Å². The van der Waals surface area contributed by atoms with E-state index in [1.54, 1.807) is 0 Å². The Morgan fingerprint density at radius 2 is 0.609 bits per heavy atom. The van der Waals surface area contributed by atoms with Crippen LogP contribution < -0.4 is 10.6 Å². The second-order valence-electron chi connectivity index (χ2n) is 13.6. The van der Waals surface area contributed by atoms with Crippen LogP contribution in [0.3, 0.4) is 0 Å². The molecule has 0 aromatic heterocycles. The van der Waals surface area contributed by atoms with Crippen molar-refractivity contribution in [3.63, 3.8) is 0 Å². The Morgan fingerprint density at radius 1 is 0.348 bits per heavy atom. The maximum Gasteiger partial charge on any atom is 0.219 e. The Balaban J connectivity index is 3.24. The zero-order valence-corrected chi connectivity index (χ0v) is 31.1. The second kappa shape index (κ2) is 40.0. The molecule has 0 rings (SSSR count). The fourth-order valence-electron chi connectivity index (χ4n) is 5.85. The van der Waals surface area contributed by atoms with Gasteiger partial charge in [0.1, 0.15) is 0 Å². The average molecular weight is 653 g/mol. The number of hydrogen-bond acceptors (Lipinski definition) is 4. The molecule has 2 amide bonds. The topological polar surface area (TPSA) is 76.7 Å². The van der Waals surface area contributed by atoms with Crippen LogP contribution >= 0.6 is 0 Å². The van der Waals surface area contributed by atoms with Gasteiger partial charge in [-0.05, 0) is 38.5 Å². The third-order valence-electron chi connectivity index (χ3n) is 8.92. The summed E-state index contributed by atoms with van der Waals surface area (Å²) in [4.78, 5) is 24.1. The van der Waals surface area contributed by atoms with Crippen LogP contribution in [0, 0.1) is 0 Å². The predicted octanol–water partition coefficient (Wildman–Crippen LogP) is 11.0.